The summed E-state index contributed by atoms with van der Waals surface area (Å²) in [5, 5.41) is 4.39. The number of amides is 5. The molecule has 0 unspecified atom stereocenters. The highest BCUT2D eigenvalue weighted by atomic mass is 16.6. The van der Waals surface area contributed by atoms with Crippen LogP contribution in [0.4, 0.5) is 4.79 Å². The summed E-state index contributed by atoms with van der Waals surface area (Å²) in [6.45, 7) is 6.17. The second kappa shape index (κ2) is 11.3. The molecule has 0 aliphatic carbocycles. The fourth-order valence-corrected chi connectivity index (χ4v) is 2.72. The van der Waals surface area contributed by atoms with Crippen molar-refractivity contribution in [2.45, 2.75) is 45.6 Å². The van der Waals surface area contributed by atoms with Gasteiger partial charge in [-0.25, -0.2) is 4.79 Å². The van der Waals surface area contributed by atoms with Crippen molar-refractivity contribution in [2.75, 3.05) is 20.2 Å². The highest BCUT2D eigenvalue weighted by molar-refractivity contribution is 6.15. The van der Waals surface area contributed by atoms with Gasteiger partial charge >= 0.3 is 6.09 Å². The van der Waals surface area contributed by atoms with Crippen molar-refractivity contribution in [1.29, 1.82) is 0 Å². The minimum Gasteiger partial charge on any atom is -0.492 e. The van der Waals surface area contributed by atoms with Crippen LogP contribution in [0, 0.1) is 0 Å². The number of hydrogen-bond donors (Lipinski definition) is 2. The van der Waals surface area contributed by atoms with E-state index in [0.29, 0.717) is 37.3 Å². The van der Waals surface area contributed by atoms with Gasteiger partial charge in [0.2, 0.25) is 17.7 Å². The van der Waals surface area contributed by atoms with Gasteiger partial charge in [-0.2, -0.15) is 0 Å². The quantitative estimate of drug-likeness (QED) is 0.507. The molecule has 0 aromatic heterocycles. The molecular formula is C23H29N3O7. The molecule has 3 rings (SSSR count). The van der Waals surface area contributed by atoms with E-state index in [-0.39, 0.29) is 30.0 Å². The molecule has 1 aromatic rings. The van der Waals surface area contributed by atoms with Gasteiger partial charge in [-0.05, 0) is 44.5 Å². The first-order chi connectivity index (χ1) is 15.4. The predicted octanol–water partition coefficient (Wildman–Crippen LogP) is 1.79. The Kier molecular flexibility index (Phi) is 8.72. The van der Waals surface area contributed by atoms with Crippen LogP contribution in [0.5, 0.6) is 5.75 Å². The Morgan fingerprint density at radius 3 is 2.06 bits per heavy atom. The molecule has 0 saturated carbocycles. The van der Waals surface area contributed by atoms with Crippen LogP contribution >= 0.6 is 0 Å². The molecule has 178 valence electrons. The number of ether oxygens (including phenoxy) is 2. The lowest BCUT2D eigenvalue weighted by molar-refractivity contribution is -0.126. The van der Waals surface area contributed by atoms with E-state index in [4.69, 9.17) is 9.47 Å². The van der Waals surface area contributed by atoms with E-state index < -0.39 is 11.7 Å². The summed E-state index contributed by atoms with van der Waals surface area (Å²) in [5.74, 6) is -0.275. The first-order valence-electron chi connectivity index (χ1n) is 10.5. The molecule has 10 heteroatoms. The van der Waals surface area contributed by atoms with Gasteiger partial charge in [0.1, 0.15) is 18.0 Å². The number of imide groups is 2. The molecule has 10 nitrogen and oxygen atoms in total. The highest BCUT2D eigenvalue weighted by Crippen LogP contribution is 2.18. The molecule has 2 heterocycles. The van der Waals surface area contributed by atoms with E-state index in [2.05, 4.69) is 10.6 Å². The third kappa shape index (κ3) is 9.14. The average molecular weight is 459 g/mol. The number of carbonyl (C=O) groups excluding carboxylic acids is 5. The Morgan fingerprint density at radius 2 is 1.61 bits per heavy atom. The maximum absolute atomic E-state index is 11.8. The van der Waals surface area contributed by atoms with E-state index in [1.165, 1.54) is 4.90 Å². The van der Waals surface area contributed by atoms with Gasteiger partial charge in [-0.1, -0.05) is 12.1 Å². The second-order valence-electron chi connectivity index (χ2n) is 8.51. The molecule has 0 radical (unpaired) electrons. The first kappa shape index (κ1) is 25.6. The molecule has 2 fully saturated rings. The van der Waals surface area contributed by atoms with Crippen molar-refractivity contribution in [2.24, 2.45) is 0 Å². The van der Waals surface area contributed by atoms with Crippen LogP contribution in [0.25, 0.3) is 6.08 Å². The molecular weight excluding hydrogens is 430 g/mol. The van der Waals surface area contributed by atoms with Crippen molar-refractivity contribution in [3.05, 3.63) is 35.4 Å². The maximum atomic E-state index is 11.8. The molecule has 1 aromatic carbocycles. The van der Waals surface area contributed by atoms with Crippen molar-refractivity contribution in [3.63, 3.8) is 0 Å². The lowest BCUT2D eigenvalue weighted by Gasteiger charge is -2.24. The van der Waals surface area contributed by atoms with Gasteiger partial charge in [0.25, 0.3) is 5.91 Å². The van der Waals surface area contributed by atoms with Gasteiger partial charge < -0.3 is 14.4 Å². The lowest BCUT2D eigenvalue weighted by Crippen LogP contribution is -2.36. The fourth-order valence-electron chi connectivity index (χ4n) is 2.72. The standard InChI is InChI=1S/C19H24N2O5.C4H5NO2/c1-19(2,3)26-18(24)21(4)9-10-25-15-7-5-13(6-8-15)11-14-12-16(22)20-17(14)23;6-3-1-2-4(7)5-3/h5-8,11H,9-10,12H2,1-4H3,(H,20,22,23);1-2H2,(H,5,6,7)/b14-11+;. The summed E-state index contributed by atoms with van der Waals surface area (Å²) in [6, 6.07) is 7.15. The summed E-state index contributed by atoms with van der Waals surface area (Å²) in [6.07, 6.45) is 2.14. The molecule has 5 amide bonds. The van der Waals surface area contributed by atoms with E-state index in [1.807, 2.05) is 20.8 Å². The summed E-state index contributed by atoms with van der Waals surface area (Å²) in [4.78, 5) is 56.3. The number of carbonyl (C=O) groups is 5. The largest absolute Gasteiger partial charge is 0.492 e. The van der Waals surface area contributed by atoms with Crippen LogP contribution in [-0.4, -0.2) is 60.4 Å². The number of rotatable bonds is 5. The van der Waals surface area contributed by atoms with E-state index >= 15 is 0 Å². The highest BCUT2D eigenvalue weighted by Gasteiger charge is 2.23. The summed E-state index contributed by atoms with van der Waals surface area (Å²) >= 11 is 0. The minimum atomic E-state index is -0.530. The molecule has 0 spiro atoms. The lowest BCUT2D eigenvalue weighted by atomic mass is 10.1. The van der Waals surface area contributed by atoms with Crippen molar-refractivity contribution >= 4 is 35.8 Å². The van der Waals surface area contributed by atoms with E-state index in [1.54, 1.807) is 37.4 Å². The van der Waals surface area contributed by atoms with Gasteiger partial charge in [-0.15, -0.1) is 0 Å². The monoisotopic (exact) mass is 459 g/mol. The number of benzene rings is 1. The summed E-state index contributed by atoms with van der Waals surface area (Å²) in [5.41, 5.74) is 0.725. The molecule has 33 heavy (non-hydrogen) atoms. The van der Waals surface area contributed by atoms with Crippen LogP contribution in [0.1, 0.15) is 45.6 Å². The Balaban J connectivity index is 0.000000468. The van der Waals surface area contributed by atoms with E-state index in [9.17, 15) is 24.0 Å². The van der Waals surface area contributed by atoms with Crippen LogP contribution < -0.4 is 15.4 Å². The number of nitrogens with zero attached hydrogens (tertiary/aromatic N) is 1. The zero-order valence-electron chi connectivity index (χ0n) is 19.2. The number of hydrogen-bond acceptors (Lipinski definition) is 7. The number of nitrogens with one attached hydrogen (secondary N) is 2. The average Bonchev–Trinajstić information content (AvgIpc) is 3.25. The first-order valence-corrected chi connectivity index (χ1v) is 10.5. The fraction of sp³-hybridized carbons (Fsp3) is 0.435. The maximum Gasteiger partial charge on any atom is 0.410 e. The summed E-state index contributed by atoms with van der Waals surface area (Å²) < 4.78 is 10.9. The van der Waals surface area contributed by atoms with Crippen LogP contribution in [0.3, 0.4) is 0 Å². The van der Waals surface area contributed by atoms with E-state index in [0.717, 1.165) is 5.56 Å². The topological polar surface area (TPSA) is 131 Å². The zero-order valence-corrected chi connectivity index (χ0v) is 19.2. The van der Waals surface area contributed by atoms with Gasteiger partial charge in [0.15, 0.2) is 0 Å². The Morgan fingerprint density at radius 1 is 1.00 bits per heavy atom. The van der Waals surface area contributed by atoms with Crippen LogP contribution in [-0.2, 0) is 23.9 Å². The minimum absolute atomic E-state index is 0.105. The van der Waals surface area contributed by atoms with Crippen LogP contribution in [0.2, 0.25) is 0 Å². The normalized spacial score (nSPS) is 16.7. The SMILES string of the molecule is CN(CCOc1ccc(/C=C2\CC(=O)NC2=O)cc1)C(=O)OC(C)(C)C.O=C1CCC(=O)N1. The van der Waals surface area contributed by atoms with Gasteiger partial charge in [-0.3, -0.25) is 29.8 Å². The van der Waals surface area contributed by atoms with Crippen LogP contribution in [0.15, 0.2) is 29.8 Å². The van der Waals surface area contributed by atoms with Crippen molar-refractivity contribution in [1.82, 2.24) is 15.5 Å². The molecule has 2 N–H and O–H groups in total. The molecule has 2 saturated heterocycles. The molecule has 2 aliphatic rings. The Hall–Kier alpha value is -3.69. The predicted molar refractivity (Wildman–Crippen MR) is 119 cm³/mol. The third-order valence-electron chi connectivity index (χ3n) is 4.38. The van der Waals surface area contributed by atoms with Crippen molar-refractivity contribution < 1.29 is 33.4 Å². The molecule has 0 atom stereocenters. The Bertz CT molecular complexity index is 932. The molecule has 2 aliphatic heterocycles. The van der Waals surface area contributed by atoms with Crippen molar-refractivity contribution in [3.8, 4) is 5.75 Å². The smallest absolute Gasteiger partial charge is 0.410 e. The number of likely N-dealkylation sites (N-methyl/N-ethyl adjacent to an activating group) is 1. The van der Waals surface area contributed by atoms with Gasteiger partial charge in [0, 0.05) is 25.5 Å². The zero-order chi connectivity index (χ0) is 24.6. The summed E-state index contributed by atoms with van der Waals surface area (Å²) in [7, 11) is 1.65. The second-order valence-corrected chi connectivity index (χ2v) is 8.51. The third-order valence-corrected chi connectivity index (χ3v) is 4.38. The molecule has 0 bridgehead atoms. The van der Waals surface area contributed by atoms with Gasteiger partial charge in [0.05, 0.1) is 13.0 Å². The Labute approximate surface area is 192 Å².